The van der Waals surface area contributed by atoms with Gasteiger partial charge in [-0.3, -0.25) is 0 Å². The highest BCUT2D eigenvalue weighted by atomic mass is 16.5. The topological polar surface area (TPSA) is 22.1 Å². The van der Waals surface area contributed by atoms with Crippen LogP contribution in [0.2, 0.25) is 0 Å². The van der Waals surface area contributed by atoms with Crippen molar-refractivity contribution in [3.63, 3.8) is 0 Å². The fourth-order valence-corrected chi connectivity index (χ4v) is 1.37. The summed E-state index contributed by atoms with van der Waals surface area (Å²) in [6, 6.07) is 13.3. The third-order valence-corrected chi connectivity index (χ3v) is 2.06. The summed E-state index contributed by atoms with van der Waals surface area (Å²) in [5.74, 6) is 3.94. The Morgan fingerprint density at radius 1 is 1.19 bits per heavy atom. The first-order chi connectivity index (χ1) is 7.88. The minimum absolute atomic E-state index is 0.584. The second-order valence-electron chi connectivity index (χ2n) is 3.30. The molecule has 0 saturated heterocycles. The molecule has 0 unspecified atom stereocenters. The van der Waals surface area contributed by atoms with Crippen molar-refractivity contribution in [1.29, 1.82) is 0 Å². The molecule has 16 heavy (non-hydrogen) atoms. The predicted molar refractivity (Wildman–Crippen MR) is 63.3 cm³/mol. The summed E-state index contributed by atoms with van der Waals surface area (Å²) in [5.41, 5.74) is 1.07. The highest BCUT2D eigenvalue weighted by Crippen LogP contribution is 2.19. The Balaban J connectivity index is 2.16. The van der Waals surface area contributed by atoms with Gasteiger partial charge >= 0.3 is 0 Å². The summed E-state index contributed by atoms with van der Waals surface area (Å²) in [7, 11) is 0. The Morgan fingerprint density at radius 2 is 2.12 bits per heavy atom. The largest absolute Gasteiger partial charge is 0.439 e. The second-order valence-corrected chi connectivity index (χ2v) is 3.30. The van der Waals surface area contributed by atoms with Gasteiger partial charge in [0.2, 0.25) is 5.88 Å². The number of pyridine rings is 1. The van der Waals surface area contributed by atoms with Gasteiger partial charge in [0, 0.05) is 18.7 Å². The molecule has 0 aliphatic rings. The molecule has 2 nitrogen and oxygen atoms in total. The summed E-state index contributed by atoms with van der Waals surface area (Å²) in [4.78, 5) is 4.09. The molecule has 0 fully saturated rings. The Labute approximate surface area is 94.9 Å². The van der Waals surface area contributed by atoms with Crippen LogP contribution in [-0.4, -0.2) is 4.98 Å². The van der Waals surface area contributed by atoms with E-state index in [1.165, 1.54) is 0 Å². The quantitative estimate of drug-likeness (QED) is 0.725. The van der Waals surface area contributed by atoms with Crippen molar-refractivity contribution in [3.05, 3.63) is 54.2 Å². The molecule has 0 aliphatic carbocycles. The second kappa shape index (κ2) is 4.99. The highest BCUT2D eigenvalue weighted by Gasteiger charge is 1.98. The molecule has 1 aromatic heterocycles. The summed E-state index contributed by atoms with van der Waals surface area (Å²) in [5, 5.41) is 0. The van der Waals surface area contributed by atoms with Gasteiger partial charge in [0.1, 0.15) is 5.75 Å². The van der Waals surface area contributed by atoms with E-state index in [2.05, 4.69) is 10.9 Å². The normalized spacial score (nSPS) is 9.44. The summed E-state index contributed by atoms with van der Waals surface area (Å²) in [6.07, 6.45) is 7.57. The monoisotopic (exact) mass is 209 g/mol. The standard InChI is InChI=1S/C14H11NO/c1-2-6-12-7-5-8-13(11-12)16-14-9-3-4-10-15-14/h1,3-5,7-11H,6H2. The van der Waals surface area contributed by atoms with Crippen molar-refractivity contribution >= 4 is 0 Å². The zero-order valence-electron chi connectivity index (χ0n) is 8.76. The van der Waals surface area contributed by atoms with Crippen molar-refractivity contribution in [3.8, 4) is 24.0 Å². The lowest BCUT2D eigenvalue weighted by atomic mass is 10.1. The van der Waals surface area contributed by atoms with E-state index in [1.807, 2.05) is 42.5 Å². The van der Waals surface area contributed by atoms with Gasteiger partial charge < -0.3 is 4.74 Å². The van der Waals surface area contributed by atoms with Gasteiger partial charge in [-0.05, 0) is 23.8 Å². The molecule has 0 N–H and O–H groups in total. The van der Waals surface area contributed by atoms with E-state index >= 15 is 0 Å². The van der Waals surface area contributed by atoms with Crippen LogP contribution in [0.5, 0.6) is 11.6 Å². The third-order valence-electron chi connectivity index (χ3n) is 2.06. The number of nitrogens with zero attached hydrogens (tertiary/aromatic N) is 1. The van der Waals surface area contributed by atoms with Crippen molar-refractivity contribution in [2.45, 2.75) is 6.42 Å². The van der Waals surface area contributed by atoms with E-state index in [0.29, 0.717) is 12.3 Å². The minimum Gasteiger partial charge on any atom is -0.439 e. The average molecular weight is 209 g/mol. The molecule has 0 aliphatic heterocycles. The molecule has 0 saturated carbocycles. The Morgan fingerprint density at radius 3 is 2.88 bits per heavy atom. The van der Waals surface area contributed by atoms with Crippen molar-refractivity contribution in [1.82, 2.24) is 4.98 Å². The number of rotatable bonds is 3. The van der Waals surface area contributed by atoms with Gasteiger partial charge in [0.05, 0.1) is 0 Å². The number of hydrogen-bond donors (Lipinski definition) is 0. The molecule has 2 rings (SSSR count). The predicted octanol–water partition coefficient (Wildman–Crippen LogP) is 3.05. The number of ether oxygens (including phenoxy) is 1. The molecule has 0 atom stereocenters. The average Bonchev–Trinajstić information content (AvgIpc) is 2.31. The summed E-state index contributed by atoms with van der Waals surface area (Å²) < 4.78 is 5.59. The third kappa shape index (κ3) is 2.61. The summed E-state index contributed by atoms with van der Waals surface area (Å²) >= 11 is 0. The van der Waals surface area contributed by atoms with Gasteiger partial charge in [-0.15, -0.1) is 12.3 Å². The van der Waals surface area contributed by atoms with Crippen LogP contribution in [-0.2, 0) is 6.42 Å². The van der Waals surface area contributed by atoms with Crippen LogP contribution < -0.4 is 4.74 Å². The smallest absolute Gasteiger partial charge is 0.219 e. The molecular weight excluding hydrogens is 198 g/mol. The maximum atomic E-state index is 5.59. The lowest BCUT2D eigenvalue weighted by Gasteiger charge is -2.05. The Hall–Kier alpha value is -2.27. The molecule has 2 aromatic rings. The molecule has 1 aromatic carbocycles. The molecular formula is C14H11NO. The lowest BCUT2D eigenvalue weighted by Crippen LogP contribution is -1.88. The highest BCUT2D eigenvalue weighted by molar-refractivity contribution is 5.33. The van der Waals surface area contributed by atoms with Gasteiger partial charge in [-0.25, -0.2) is 4.98 Å². The van der Waals surface area contributed by atoms with E-state index in [-0.39, 0.29) is 0 Å². The van der Waals surface area contributed by atoms with Crippen LogP contribution in [0.25, 0.3) is 0 Å². The first kappa shape index (κ1) is 10.3. The van der Waals surface area contributed by atoms with E-state index in [9.17, 15) is 0 Å². The van der Waals surface area contributed by atoms with E-state index in [4.69, 9.17) is 11.2 Å². The van der Waals surface area contributed by atoms with Crippen molar-refractivity contribution < 1.29 is 4.74 Å². The van der Waals surface area contributed by atoms with Crippen LogP contribution in [0.3, 0.4) is 0 Å². The van der Waals surface area contributed by atoms with Gasteiger partial charge in [-0.1, -0.05) is 18.2 Å². The number of hydrogen-bond acceptors (Lipinski definition) is 2. The van der Waals surface area contributed by atoms with Gasteiger partial charge in [0.25, 0.3) is 0 Å². The van der Waals surface area contributed by atoms with Gasteiger partial charge in [-0.2, -0.15) is 0 Å². The number of aromatic nitrogens is 1. The molecule has 0 spiro atoms. The van der Waals surface area contributed by atoms with E-state index < -0.39 is 0 Å². The van der Waals surface area contributed by atoms with Crippen LogP contribution in [0.4, 0.5) is 0 Å². The van der Waals surface area contributed by atoms with Crippen LogP contribution in [0, 0.1) is 12.3 Å². The van der Waals surface area contributed by atoms with E-state index in [0.717, 1.165) is 11.3 Å². The first-order valence-corrected chi connectivity index (χ1v) is 5.00. The first-order valence-electron chi connectivity index (χ1n) is 5.00. The fourth-order valence-electron chi connectivity index (χ4n) is 1.37. The van der Waals surface area contributed by atoms with Crippen molar-refractivity contribution in [2.24, 2.45) is 0 Å². The molecule has 78 valence electrons. The zero-order chi connectivity index (χ0) is 11.2. The SMILES string of the molecule is C#CCc1cccc(Oc2ccccn2)c1. The van der Waals surface area contributed by atoms with Crippen LogP contribution in [0.15, 0.2) is 48.7 Å². The molecule has 2 heteroatoms. The lowest BCUT2D eigenvalue weighted by molar-refractivity contribution is 0.462. The number of benzene rings is 1. The maximum absolute atomic E-state index is 5.59. The minimum atomic E-state index is 0.584. The molecule has 0 radical (unpaired) electrons. The molecule has 0 bridgehead atoms. The van der Waals surface area contributed by atoms with Crippen LogP contribution in [0.1, 0.15) is 5.56 Å². The Bertz CT molecular complexity index is 500. The maximum Gasteiger partial charge on any atom is 0.219 e. The summed E-state index contributed by atoms with van der Waals surface area (Å²) in [6.45, 7) is 0. The fraction of sp³-hybridized carbons (Fsp3) is 0.0714. The van der Waals surface area contributed by atoms with Crippen LogP contribution >= 0.6 is 0 Å². The van der Waals surface area contributed by atoms with Gasteiger partial charge in [0.15, 0.2) is 0 Å². The molecule has 1 heterocycles. The number of terminal acetylenes is 1. The zero-order valence-corrected chi connectivity index (χ0v) is 8.76. The Kier molecular flexibility index (Phi) is 3.20. The molecule has 0 amide bonds. The van der Waals surface area contributed by atoms with E-state index in [1.54, 1.807) is 6.20 Å². The van der Waals surface area contributed by atoms with Crippen molar-refractivity contribution in [2.75, 3.05) is 0 Å².